The molecule has 3 aromatic rings. The normalized spacial score (nSPS) is 19.9. The van der Waals surface area contributed by atoms with E-state index in [1.165, 1.54) is 13.3 Å². The number of hydrogen-bond donors (Lipinski definition) is 0. The number of rotatable bonds is 9. The van der Waals surface area contributed by atoms with Gasteiger partial charge < -0.3 is 19.4 Å². The summed E-state index contributed by atoms with van der Waals surface area (Å²) in [5.74, 6) is -0.468. The molecule has 3 aliphatic rings. The number of methoxy groups -OCH3 is 1. The number of piperidine rings is 1. The minimum atomic E-state index is -1.01. The molecule has 1 saturated carbocycles. The Morgan fingerprint density at radius 3 is 2.59 bits per heavy atom. The van der Waals surface area contributed by atoms with E-state index in [1.54, 1.807) is 13.0 Å². The van der Waals surface area contributed by atoms with Gasteiger partial charge in [0, 0.05) is 36.0 Å². The first-order chi connectivity index (χ1) is 20.8. The molecule has 7 nitrogen and oxygen atoms in total. The van der Waals surface area contributed by atoms with Gasteiger partial charge in [-0.3, -0.25) is 4.90 Å². The second kappa shape index (κ2) is 14.0. The molecule has 0 bridgehead atoms. The van der Waals surface area contributed by atoms with Crippen LogP contribution in [0.3, 0.4) is 0 Å². The number of nitriles is 1. The van der Waals surface area contributed by atoms with Gasteiger partial charge >= 0.3 is 29.6 Å². The fourth-order valence-electron chi connectivity index (χ4n) is 6.81. The van der Waals surface area contributed by atoms with Crippen LogP contribution in [0.25, 0.3) is 11.1 Å². The third-order valence-electron chi connectivity index (χ3n) is 9.46. The standard InChI is InChI=1S/C35H38FN3O4.Na/c1-21(35(40)41)34(24-4-5-24)26-6-3-23-8-10-31(43-32(23)16-26)25-7-9-28(29-17-33(42-2)38-19-30(29)36)27(15-25)20-39-13-11-22(18-37)12-14-39;/h3,6-7,9,15-17,19,21-22,24,31,34H,4-5,8,10-14,20H2,1-2H3,(H,40,41);/q;+1/p-1/t21-,31?,34-;/m0./s1. The minimum absolute atomic E-state index is 0. The molecule has 2 aromatic carbocycles. The Kier molecular flexibility index (Phi) is 10.3. The summed E-state index contributed by atoms with van der Waals surface area (Å²) in [4.78, 5) is 18.1. The van der Waals surface area contributed by atoms with Gasteiger partial charge in [0.05, 0.1) is 19.4 Å². The van der Waals surface area contributed by atoms with Crippen LogP contribution in [0.5, 0.6) is 11.6 Å². The van der Waals surface area contributed by atoms with E-state index in [2.05, 4.69) is 34.2 Å². The van der Waals surface area contributed by atoms with E-state index >= 15 is 4.39 Å². The molecule has 2 fully saturated rings. The second-order valence-electron chi connectivity index (χ2n) is 12.3. The van der Waals surface area contributed by atoms with Gasteiger partial charge in [-0.2, -0.15) is 5.26 Å². The van der Waals surface area contributed by atoms with Crippen molar-refractivity contribution in [2.45, 2.75) is 64.0 Å². The number of ether oxygens (including phenoxy) is 2. The van der Waals surface area contributed by atoms with E-state index in [0.29, 0.717) is 23.9 Å². The zero-order chi connectivity index (χ0) is 30.1. The first kappa shape index (κ1) is 32.4. The predicted molar refractivity (Wildman–Crippen MR) is 158 cm³/mol. The topological polar surface area (TPSA) is 98.5 Å². The summed E-state index contributed by atoms with van der Waals surface area (Å²) < 4.78 is 27.0. The van der Waals surface area contributed by atoms with Crippen molar-refractivity contribution in [1.82, 2.24) is 9.88 Å². The van der Waals surface area contributed by atoms with E-state index < -0.39 is 17.7 Å². The molecule has 1 saturated heterocycles. The van der Waals surface area contributed by atoms with E-state index in [4.69, 9.17) is 9.47 Å². The van der Waals surface area contributed by atoms with Crippen molar-refractivity contribution in [2.75, 3.05) is 20.2 Å². The zero-order valence-corrected chi connectivity index (χ0v) is 27.7. The third-order valence-corrected chi connectivity index (χ3v) is 9.46. The molecule has 3 atom stereocenters. The number of nitrogens with zero attached hydrogens (tertiary/aromatic N) is 3. The summed E-state index contributed by atoms with van der Waals surface area (Å²) in [6, 6.07) is 16.3. The van der Waals surface area contributed by atoms with E-state index in [0.717, 1.165) is 85.2 Å². The molecule has 3 heterocycles. The van der Waals surface area contributed by atoms with Crippen LogP contribution in [0.4, 0.5) is 4.39 Å². The first-order valence-electron chi connectivity index (χ1n) is 15.3. The van der Waals surface area contributed by atoms with Crippen molar-refractivity contribution in [3.05, 3.63) is 76.7 Å². The summed E-state index contributed by atoms with van der Waals surface area (Å²) in [5, 5.41) is 21.1. The largest absolute Gasteiger partial charge is 1.00 e. The maximum absolute atomic E-state index is 15.1. The molecule has 9 heteroatoms. The van der Waals surface area contributed by atoms with E-state index in [9.17, 15) is 15.2 Å². The Labute approximate surface area is 280 Å². The fraction of sp³-hybridized carbons (Fsp3) is 0.457. The first-order valence-corrected chi connectivity index (χ1v) is 15.3. The van der Waals surface area contributed by atoms with E-state index in [-0.39, 0.29) is 47.5 Å². The van der Waals surface area contributed by atoms with Gasteiger partial charge in [-0.05, 0) is 97.3 Å². The molecule has 1 aromatic heterocycles. The maximum Gasteiger partial charge on any atom is 1.00 e. The molecule has 0 amide bonds. The van der Waals surface area contributed by atoms with Crippen LogP contribution in [0.2, 0.25) is 0 Å². The molecule has 224 valence electrons. The molecule has 44 heavy (non-hydrogen) atoms. The number of carboxylic acids is 1. The summed E-state index contributed by atoms with van der Waals surface area (Å²) in [6.45, 7) is 4.00. The monoisotopic (exact) mass is 605 g/mol. The van der Waals surface area contributed by atoms with Crippen molar-refractivity contribution in [3.63, 3.8) is 0 Å². The molecule has 0 spiro atoms. The molecule has 1 aliphatic carbocycles. The van der Waals surface area contributed by atoms with Crippen LogP contribution in [0.15, 0.2) is 48.7 Å². The van der Waals surface area contributed by atoms with E-state index in [1.807, 2.05) is 18.2 Å². The number of carboxylic acid groups (broad SMARTS) is 1. The molecule has 1 unspecified atom stereocenters. The third kappa shape index (κ3) is 6.97. The number of likely N-dealkylation sites (tertiary alicyclic amines) is 1. The van der Waals surface area contributed by atoms with Crippen LogP contribution < -0.4 is 44.1 Å². The Balaban J connectivity index is 0.00000384. The Bertz CT molecular complexity index is 1550. The van der Waals surface area contributed by atoms with Gasteiger partial charge in [0.1, 0.15) is 17.7 Å². The summed E-state index contributed by atoms with van der Waals surface area (Å²) in [5.41, 5.74) is 5.35. The smallest absolute Gasteiger partial charge is 0.550 e. The second-order valence-corrected chi connectivity index (χ2v) is 12.3. The molecular formula is C35H37FN3NaO4. The number of aromatic nitrogens is 1. The van der Waals surface area contributed by atoms with Crippen molar-refractivity contribution in [3.8, 4) is 28.8 Å². The number of aliphatic carboxylic acids is 1. The Morgan fingerprint density at radius 1 is 1.14 bits per heavy atom. The molecular weight excluding hydrogens is 568 g/mol. The van der Waals surface area contributed by atoms with Crippen LogP contribution in [-0.4, -0.2) is 36.1 Å². The maximum atomic E-state index is 15.1. The van der Waals surface area contributed by atoms with Crippen LogP contribution in [-0.2, 0) is 17.8 Å². The molecule has 2 aliphatic heterocycles. The quantitative estimate of drug-likeness (QED) is 0.346. The van der Waals surface area contributed by atoms with Crippen molar-refractivity contribution >= 4 is 5.97 Å². The van der Waals surface area contributed by atoms with Crippen LogP contribution in [0, 0.1) is 34.9 Å². The fourth-order valence-corrected chi connectivity index (χ4v) is 6.81. The van der Waals surface area contributed by atoms with Gasteiger partial charge in [0.2, 0.25) is 5.88 Å². The minimum Gasteiger partial charge on any atom is -0.550 e. The Hall–Kier alpha value is -2.96. The van der Waals surface area contributed by atoms with Gasteiger partial charge in [-0.15, -0.1) is 0 Å². The number of pyridine rings is 1. The van der Waals surface area contributed by atoms with Crippen molar-refractivity contribution in [2.24, 2.45) is 17.8 Å². The molecule has 0 N–H and O–H groups in total. The Morgan fingerprint density at radius 2 is 1.91 bits per heavy atom. The van der Waals surface area contributed by atoms with Gasteiger partial charge in [-0.1, -0.05) is 37.3 Å². The van der Waals surface area contributed by atoms with Gasteiger partial charge in [0.25, 0.3) is 0 Å². The molecule has 0 radical (unpaired) electrons. The van der Waals surface area contributed by atoms with Gasteiger partial charge in [-0.25, -0.2) is 9.37 Å². The number of fused-ring (bicyclic) bond motifs is 1. The van der Waals surface area contributed by atoms with Crippen molar-refractivity contribution in [1.29, 1.82) is 5.26 Å². The number of halogens is 1. The van der Waals surface area contributed by atoms with Crippen LogP contribution in [0.1, 0.15) is 73.3 Å². The van der Waals surface area contributed by atoms with Crippen LogP contribution >= 0.6 is 0 Å². The average molecular weight is 606 g/mol. The number of benzene rings is 2. The number of carbonyl (C=O) groups excluding carboxylic acids is 1. The zero-order valence-electron chi connectivity index (χ0n) is 25.7. The summed E-state index contributed by atoms with van der Waals surface area (Å²) in [6.07, 6.45) is 6.38. The average Bonchev–Trinajstić information content (AvgIpc) is 3.87. The summed E-state index contributed by atoms with van der Waals surface area (Å²) >= 11 is 0. The SMILES string of the molecule is COc1cc(-c2ccc(C3CCc4ccc([C@H](C5CC5)[C@H](C)C(=O)[O-])cc4O3)cc2CN2CCC(C#N)CC2)c(F)cn1.[Na+]. The number of carbonyl (C=O) groups is 1. The summed E-state index contributed by atoms with van der Waals surface area (Å²) in [7, 11) is 1.52. The number of aryl methyl sites for hydroxylation is 1. The predicted octanol–water partition coefficient (Wildman–Crippen LogP) is 2.58. The van der Waals surface area contributed by atoms with Gasteiger partial charge in [0.15, 0.2) is 0 Å². The number of hydrogen-bond acceptors (Lipinski definition) is 7. The van der Waals surface area contributed by atoms with Crippen molar-refractivity contribution < 1.29 is 53.3 Å². The molecule has 6 rings (SSSR count).